The average molecular weight is 204 g/mol. The lowest BCUT2D eigenvalue weighted by atomic mass is 10.1. The molecule has 2 heteroatoms. The second-order valence-electron chi connectivity index (χ2n) is 4.03. The van der Waals surface area contributed by atoms with Crippen LogP contribution in [0.25, 0.3) is 0 Å². The molecule has 15 heavy (non-hydrogen) atoms. The highest BCUT2D eigenvalue weighted by atomic mass is 16.5. The summed E-state index contributed by atoms with van der Waals surface area (Å²) >= 11 is 0. The molecule has 2 atom stereocenters. The number of hydrogen-bond donors (Lipinski definition) is 0. The first-order valence-electron chi connectivity index (χ1n) is 5.54. The SMILES string of the molecule is CCCOC(=O)[C@H]1C[C@H]1c1ccccc1. The lowest BCUT2D eigenvalue weighted by molar-refractivity contribution is -0.145. The molecule has 0 aliphatic heterocycles. The van der Waals surface area contributed by atoms with E-state index in [4.69, 9.17) is 4.74 Å². The number of esters is 1. The van der Waals surface area contributed by atoms with E-state index in [1.165, 1.54) is 5.56 Å². The zero-order valence-electron chi connectivity index (χ0n) is 8.98. The van der Waals surface area contributed by atoms with Crippen molar-refractivity contribution in [2.75, 3.05) is 6.61 Å². The largest absolute Gasteiger partial charge is 0.465 e. The van der Waals surface area contributed by atoms with E-state index in [2.05, 4.69) is 12.1 Å². The summed E-state index contributed by atoms with van der Waals surface area (Å²) in [6.45, 7) is 2.56. The van der Waals surface area contributed by atoms with Crippen molar-refractivity contribution in [3.63, 3.8) is 0 Å². The van der Waals surface area contributed by atoms with Crippen LogP contribution in [-0.4, -0.2) is 12.6 Å². The quantitative estimate of drug-likeness (QED) is 0.705. The Labute approximate surface area is 90.3 Å². The monoisotopic (exact) mass is 204 g/mol. The average Bonchev–Trinajstić information content (AvgIpc) is 3.07. The topological polar surface area (TPSA) is 26.3 Å². The highest BCUT2D eigenvalue weighted by molar-refractivity contribution is 5.77. The van der Waals surface area contributed by atoms with Gasteiger partial charge in [0, 0.05) is 0 Å². The zero-order chi connectivity index (χ0) is 10.7. The van der Waals surface area contributed by atoms with Crippen LogP contribution in [0.2, 0.25) is 0 Å². The van der Waals surface area contributed by atoms with Gasteiger partial charge in [0.25, 0.3) is 0 Å². The summed E-state index contributed by atoms with van der Waals surface area (Å²) in [6.07, 6.45) is 1.85. The lowest BCUT2D eigenvalue weighted by Crippen LogP contribution is -2.08. The fraction of sp³-hybridized carbons (Fsp3) is 0.462. The van der Waals surface area contributed by atoms with E-state index in [1.54, 1.807) is 0 Å². The molecule has 0 saturated heterocycles. The van der Waals surface area contributed by atoms with Gasteiger partial charge in [0.05, 0.1) is 12.5 Å². The molecular formula is C13H16O2. The molecule has 0 spiro atoms. The van der Waals surface area contributed by atoms with Gasteiger partial charge in [-0.25, -0.2) is 0 Å². The maximum Gasteiger partial charge on any atom is 0.309 e. The van der Waals surface area contributed by atoms with Crippen LogP contribution in [0.4, 0.5) is 0 Å². The number of ether oxygens (including phenoxy) is 1. The van der Waals surface area contributed by atoms with Crippen LogP contribution in [0.5, 0.6) is 0 Å². The molecule has 1 aromatic carbocycles. The van der Waals surface area contributed by atoms with Gasteiger partial charge in [-0.1, -0.05) is 37.3 Å². The van der Waals surface area contributed by atoms with Gasteiger partial charge in [0.1, 0.15) is 0 Å². The second-order valence-corrected chi connectivity index (χ2v) is 4.03. The minimum Gasteiger partial charge on any atom is -0.465 e. The maximum atomic E-state index is 11.5. The molecule has 0 aromatic heterocycles. The third-order valence-corrected chi connectivity index (χ3v) is 2.77. The van der Waals surface area contributed by atoms with Crippen molar-refractivity contribution in [3.05, 3.63) is 35.9 Å². The van der Waals surface area contributed by atoms with E-state index in [0.717, 1.165) is 12.8 Å². The Morgan fingerprint density at radius 3 is 2.80 bits per heavy atom. The van der Waals surface area contributed by atoms with Crippen LogP contribution >= 0.6 is 0 Å². The van der Waals surface area contributed by atoms with Gasteiger partial charge >= 0.3 is 5.97 Å². The Bertz CT molecular complexity index is 332. The summed E-state index contributed by atoms with van der Waals surface area (Å²) in [4.78, 5) is 11.5. The van der Waals surface area contributed by atoms with Crippen LogP contribution in [0.15, 0.2) is 30.3 Å². The van der Waals surface area contributed by atoms with Crippen LogP contribution in [0.3, 0.4) is 0 Å². The standard InChI is InChI=1S/C13H16O2/c1-2-8-15-13(14)12-9-11(12)10-6-4-3-5-7-10/h3-7,11-12H,2,8-9H2,1H3/t11-,12-/m0/s1. The highest BCUT2D eigenvalue weighted by Crippen LogP contribution is 2.47. The normalized spacial score (nSPS) is 23.5. The predicted octanol–water partition coefficient (Wildman–Crippen LogP) is 2.74. The van der Waals surface area contributed by atoms with E-state index < -0.39 is 0 Å². The smallest absolute Gasteiger partial charge is 0.309 e. The second kappa shape index (κ2) is 4.47. The van der Waals surface area contributed by atoms with Crippen LogP contribution < -0.4 is 0 Å². The summed E-state index contributed by atoms with van der Waals surface area (Å²) in [5.41, 5.74) is 1.26. The number of carbonyl (C=O) groups excluding carboxylic acids is 1. The highest BCUT2D eigenvalue weighted by Gasteiger charge is 2.44. The van der Waals surface area contributed by atoms with Gasteiger partial charge in [-0.05, 0) is 24.3 Å². The summed E-state index contributed by atoms with van der Waals surface area (Å²) in [6, 6.07) is 10.2. The Morgan fingerprint density at radius 1 is 1.40 bits per heavy atom. The molecule has 0 heterocycles. The van der Waals surface area contributed by atoms with Crippen molar-refractivity contribution in [2.45, 2.75) is 25.7 Å². The van der Waals surface area contributed by atoms with Crippen molar-refractivity contribution in [1.82, 2.24) is 0 Å². The number of rotatable bonds is 4. The van der Waals surface area contributed by atoms with E-state index in [9.17, 15) is 4.79 Å². The molecule has 1 saturated carbocycles. The predicted molar refractivity (Wildman–Crippen MR) is 58.5 cm³/mol. The van der Waals surface area contributed by atoms with Crippen LogP contribution in [0, 0.1) is 5.92 Å². The van der Waals surface area contributed by atoms with E-state index in [0.29, 0.717) is 12.5 Å². The lowest BCUT2D eigenvalue weighted by Gasteiger charge is -2.02. The van der Waals surface area contributed by atoms with E-state index in [-0.39, 0.29) is 11.9 Å². The summed E-state index contributed by atoms with van der Waals surface area (Å²) < 4.78 is 5.13. The van der Waals surface area contributed by atoms with Crippen LogP contribution in [0.1, 0.15) is 31.2 Å². The molecule has 0 N–H and O–H groups in total. The first kappa shape index (κ1) is 10.2. The molecular weight excluding hydrogens is 188 g/mol. The van der Waals surface area contributed by atoms with E-state index in [1.807, 2.05) is 25.1 Å². The Morgan fingerprint density at radius 2 is 2.13 bits per heavy atom. The third kappa shape index (κ3) is 2.38. The van der Waals surface area contributed by atoms with Crippen molar-refractivity contribution < 1.29 is 9.53 Å². The fourth-order valence-electron chi connectivity index (χ4n) is 1.83. The van der Waals surface area contributed by atoms with Crippen molar-refractivity contribution in [1.29, 1.82) is 0 Å². The molecule has 0 radical (unpaired) electrons. The summed E-state index contributed by atoms with van der Waals surface area (Å²) in [5.74, 6) is 0.486. The van der Waals surface area contributed by atoms with Gasteiger partial charge in [-0.3, -0.25) is 4.79 Å². The van der Waals surface area contributed by atoms with Crippen LogP contribution in [-0.2, 0) is 9.53 Å². The molecule has 1 aliphatic rings. The first-order chi connectivity index (χ1) is 7.33. The van der Waals surface area contributed by atoms with Gasteiger partial charge in [-0.15, -0.1) is 0 Å². The molecule has 1 fully saturated rings. The minimum atomic E-state index is -0.0225. The molecule has 80 valence electrons. The van der Waals surface area contributed by atoms with Gasteiger partial charge in [0.15, 0.2) is 0 Å². The van der Waals surface area contributed by atoms with Gasteiger partial charge < -0.3 is 4.74 Å². The zero-order valence-corrected chi connectivity index (χ0v) is 8.98. The number of hydrogen-bond acceptors (Lipinski definition) is 2. The van der Waals surface area contributed by atoms with Crippen molar-refractivity contribution >= 4 is 5.97 Å². The molecule has 2 rings (SSSR count). The molecule has 0 unspecified atom stereocenters. The summed E-state index contributed by atoms with van der Waals surface area (Å²) in [7, 11) is 0. The molecule has 2 nitrogen and oxygen atoms in total. The molecule has 1 aromatic rings. The Kier molecular flexibility index (Phi) is 3.05. The molecule has 0 amide bonds. The molecule has 0 bridgehead atoms. The van der Waals surface area contributed by atoms with Crippen molar-refractivity contribution in [3.8, 4) is 0 Å². The first-order valence-corrected chi connectivity index (χ1v) is 5.54. The van der Waals surface area contributed by atoms with Crippen molar-refractivity contribution in [2.24, 2.45) is 5.92 Å². The number of benzene rings is 1. The van der Waals surface area contributed by atoms with Gasteiger partial charge in [0.2, 0.25) is 0 Å². The van der Waals surface area contributed by atoms with Gasteiger partial charge in [-0.2, -0.15) is 0 Å². The summed E-state index contributed by atoms with van der Waals surface area (Å²) in [5, 5.41) is 0. The Balaban J connectivity index is 1.88. The Hall–Kier alpha value is -1.31. The fourth-order valence-corrected chi connectivity index (χ4v) is 1.83. The maximum absolute atomic E-state index is 11.5. The number of carbonyl (C=O) groups is 1. The minimum absolute atomic E-state index is 0.0225. The third-order valence-electron chi connectivity index (χ3n) is 2.77. The molecule has 1 aliphatic carbocycles. The van der Waals surface area contributed by atoms with E-state index >= 15 is 0 Å².